The van der Waals surface area contributed by atoms with E-state index >= 15 is 0 Å². The summed E-state index contributed by atoms with van der Waals surface area (Å²) in [5.41, 5.74) is 14.6. The van der Waals surface area contributed by atoms with Crippen molar-refractivity contribution in [1.29, 1.82) is 0 Å². The van der Waals surface area contributed by atoms with Crippen LogP contribution in [0, 0.1) is 0 Å². The maximum Gasteiger partial charge on any atom is 0.0468 e. The Kier molecular flexibility index (Phi) is 10.9. The molecule has 12 aromatic carbocycles. The van der Waals surface area contributed by atoms with E-state index in [0.29, 0.717) is 0 Å². The smallest absolute Gasteiger partial charge is 0.0468 e. The van der Waals surface area contributed by atoms with Gasteiger partial charge in [-0.05, 0) is 164 Å². The molecule has 3 heteroatoms. The highest BCUT2D eigenvalue weighted by Crippen LogP contribution is 2.41. The minimum Gasteiger partial charge on any atom is -0.310 e. The first-order chi connectivity index (χ1) is 34.2. The lowest BCUT2D eigenvalue weighted by Gasteiger charge is -2.27. The topological polar surface area (TPSA) is 9.72 Å². The van der Waals surface area contributed by atoms with Crippen molar-refractivity contribution in [3.05, 3.63) is 285 Å². The zero-order valence-corrected chi connectivity index (χ0v) is 38.0. The van der Waals surface area contributed by atoms with Gasteiger partial charge in [0.1, 0.15) is 0 Å². The number of para-hydroxylation sites is 2. The third kappa shape index (κ3) is 8.35. The SMILES string of the molecule is c1ccc(N(c2ccc(-c3ccc(N(c4ccc(-c5ccc(N(c6ccccc6)c6ccc7ccccc7c6)cc5)cc4)c4ccc5ccccc5c4)cc3)cc2)c2ccc3ccccc3c2)cc1. The van der Waals surface area contributed by atoms with E-state index in [9.17, 15) is 0 Å². The average molecular weight is 882 g/mol. The molecule has 0 aromatic heterocycles. The van der Waals surface area contributed by atoms with Crippen LogP contribution in [-0.4, -0.2) is 0 Å². The van der Waals surface area contributed by atoms with Gasteiger partial charge in [0.2, 0.25) is 0 Å². The van der Waals surface area contributed by atoms with Crippen molar-refractivity contribution in [3.8, 4) is 22.3 Å². The van der Waals surface area contributed by atoms with Crippen molar-refractivity contribution in [3.63, 3.8) is 0 Å². The molecule has 0 aliphatic rings. The Morgan fingerprint density at radius 2 is 0.348 bits per heavy atom. The van der Waals surface area contributed by atoms with E-state index in [-0.39, 0.29) is 0 Å². The van der Waals surface area contributed by atoms with Crippen LogP contribution >= 0.6 is 0 Å². The second kappa shape index (κ2) is 18.2. The van der Waals surface area contributed by atoms with E-state index in [4.69, 9.17) is 0 Å². The molecule has 12 aromatic rings. The number of fused-ring (bicyclic) bond motifs is 3. The van der Waals surface area contributed by atoms with Crippen molar-refractivity contribution in [1.82, 2.24) is 0 Å². The van der Waals surface area contributed by atoms with Crippen molar-refractivity contribution in [2.75, 3.05) is 14.7 Å². The van der Waals surface area contributed by atoms with Gasteiger partial charge in [-0.3, -0.25) is 0 Å². The van der Waals surface area contributed by atoms with Crippen molar-refractivity contribution < 1.29 is 0 Å². The predicted molar refractivity (Wildman–Crippen MR) is 294 cm³/mol. The molecule has 0 aliphatic heterocycles. The fourth-order valence-corrected chi connectivity index (χ4v) is 9.65. The summed E-state index contributed by atoms with van der Waals surface area (Å²) in [4.78, 5) is 7.01. The van der Waals surface area contributed by atoms with Crippen molar-refractivity contribution in [2.24, 2.45) is 0 Å². The van der Waals surface area contributed by atoms with Gasteiger partial charge in [0.25, 0.3) is 0 Å². The highest BCUT2D eigenvalue weighted by Gasteiger charge is 2.17. The zero-order valence-electron chi connectivity index (χ0n) is 38.0. The van der Waals surface area contributed by atoms with Crippen LogP contribution in [0.3, 0.4) is 0 Å². The van der Waals surface area contributed by atoms with Gasteiger partial charge < -0.3 is 14.7 Å². The fourth-order valence-electron chi connectivity index (χ4n) is 9.65. The van der Waals surface area contributed by atoms with Crippen LogP contribution in [0.25, 0.3) is 54.6 Å². The molecular weight excluding hydrogens is 835 g/mol. The second-order valence-electron chi connectivity index (χ2n) is 17.5. The largest absolute Gasteiger partial charge is 0.310 e. The van der Waals surface area contributed by atoms with Crippen LogP contribution in [0.5, 0.6) is 0 Å². The molecule has 0 saturated carbocycles. The summed E-state index contributed by atoms with van der Waals surface area (Å²) in [6, 6.07) is 103. The van der Waals surface area contributed by atoms with Crippen LogP contribution in [-0.2, 0) is 0 Å². The molecule has 0 spiro atoms. The highest BCUT2D eigenvalue weighted by molar-refractivity contribution is 5.92. The Morgan fingerprint density at radius 1 is 0.145 bits per heavy atom. The number of benzene rings is 12. The van der Waals surface area contributed by atoms with Crippen LogP contribution in [0.2, 0.25) is 0 Å². The monoisotopic (exact) mass is 881 g/mol. The quantitative estimate of drug-likeness (QED) is 0.128. The lowest BCUT2D eigenvalue weighted by Crippen LogP contribution is -2.10. The number of hydrogen-bond donors (Lipinski definition) is 0. The molecule has 326 valence electrons. The van der Waals surface area contributed by atoms with Crippen LogP contribution < -0.4 is 14.7 Å². The minimum absolute atomic E-state index is 1.09. The van der Waals surface area contributed by atoms with Gasteiger partial charge in [0.05, 0.1) is 0 Å². The first kappa shape index (κ1) is 41.3. The Morgan fingerprint density at radius 3 is 0.609 bits per heavy atom. The van der Waals surface area contributed by atoms with Gasteiger partial charge in [-0.25, -0.2) is 0 Å². The lowest BCUT2D eigenvalue weighted by atomic mass is 10.0. The maximum atomic E-state index is 2.36. The first-order valence-electron chi connectivity index (χ1n) is 23.6. The standard InChI is InChI=1S/C66H47N3/c1-3-19-58(20-4-1)67(64-42-31-48-13-7-10-16-55(48)45-64)60-34-23-51(24-35-60)53-27-38-62(39-28-53)69(66-44-33-50-15-9-12-18-57(50)47-66)63-40-29-54(30-41-63)52-25-36-61(37-26-52)68(59-21-5-2-6-22-59)65-43-32-49-14-8-11-17-56(49)46-65/h1-47H. The second-order valence-corrected chi connectivity index (χ2v) is 17.5. The van der Waals surface area contributed by atoms with Gasteiger partial charge in [0, 0.05) is 51.2 Å². The summed E-state index contributed by atoms with van der Waals surface area (Å²) in [5, 5.41) is 7.32. The number of hydrogen-bond acceptors (Lipinski definition) is 3. The van der Waals surface area contributed by atoms with Gasteiger partial charge in [0.15, 0.2) is 0 Å². The molecule has 3 nitrogen and oxygen atoms in total. The maximum absolute atomic E-state index is 2.36. The van der Waals surface area contributed by atoms with E-state index in [0.717, 1.165) is 73.4 Å². The molecule has 0 amide bonds. The van der Waals surface area contributed by atoms with Crippen molar-refractivity contribution >= 4 is 83.5 Å². The molecule has 0 unspecified atom stereocenters. The Hall–Kier alpha value is -9.18. The summed E-state index contributed by atoms with van der Waals surface area (Å²) in [5.74, 6) is 0. The number of nitrogens with zero attached hydrogens (tertiary/aromatic N) is 3. The van der Waals surface area contributed by atoms with E-state index in [2.05, 4.69) is 300 Å². The third-order valence-electron chi connectivity index (χ3n) is 13.2. The zero-order chi connectivity index (χ0) is 45.9. The molecule has 0 aliphatic carbocycles. The van der Waals surface area contributed by atoms with Crippen molar-refractivity contribution in [2.45, 2.75) is 0 Å². The van der Waals surface area contributed by atoms with Gasteiger partial charge in [-0.2, -0.15) is 0 Å². The fraction of sp³-hybridized carbons (Fsp3) is 0. The minimum atomic E-state index is 1.09. The molecular formula is C66H47N3. The third-order valence-corrected chi connectivity index (χ3v) is 13.2. The first-order valence-corrected chi connectivity index (χ1v) is 23.6. The lowest BCUT2D eigenvalue weighted by molar-refractivity contribution is 1.28. The van der Waals surface area contributed by atoms with Gasteiger partial charge >= 0.3 is 0 Å². The Balaban J connectivity index is 0.844. The summed E-state index contributed by atoms with van der Waals surface area (Å²) < 4.78 is 0. The van der Waals surface area contributed by atoms with Crippen LogP contribution in [0.15, 0.2) is 285 Å². The normalized spacial score (nSPS) is 11.2. The van der Waals surface area contributed by atoms with E-state index in [1.807, 2.05) is 0 Å². The molecule has 0 saturated heterocycles. The summed E-state index contributed by atoms with van der Waals surface area (Å²) in [7, 11) is 0. The molecule has 0 N–H and O–H groups in total. The summed E-state index contributed by atoms with van der Waals surface area (Å²) >= 11 is 0. The summed E-state index contributed by atoms with van der Waals surface area (Å²) in [6.45, 7) is 0. The van der Waals surface area contributed by atoms with Crippen LogP contribution in [0.4, 0.5) is 51.2 Å². The molecule has 0 heterocycles. The van der Waals surface area contributed by atoms with E-state index in [1.165, 1.54) is 32.3 Å². The average Bonchev–Trinajstić information content (AvgIpc) is 3.42. The summed E-state index contributed by atoms with van der Waals surface area (Å²) in [6.07, 6.45) is 0. The molecule has 0 atom stereocenters. The number of anilines is 9. The highest BCUT2D eigenvalue weighted by atomic mass is 15.2. The van der Waals surface area contributed by atoms with Gasteiger partial charge in [-0.15, -0.1) is 0 Å². The Labute approximate surface area is 403 Å². The molecule has 0 bridgehead atoms. The molecule has 0 radical (unpaired) electrons. The molecule has 69 heavy (non-hydrogen) atoms. The van der Waals surface area contributed by atoms with E-state index < -0.39 is 0 Å². The van der Waals surface area contributed by atoms with Crippen LogP contribution in [0.1, 0.15) is 0 Å². The van der Waals surface area contributed by atoms with Gasteiger partial charge in [-0.1, -0.05) is 176 Å². The molecule has 0 fully saturated rings. The predicted octanol–water partition coefficient (Wildman–Crippen LogP) is 18.9. The Bertz CT molecular complexity index is 3490. The van der Waals surface area contributed by atoms with E-state index in [1.54, 1.807) is 0 Å². The molecule has 12 rings (SSSR count). The number of rotatable bonds is 11.